The second kappa shape index (κ2) is 5.28. The maximum atomic E-state index is 10.2. The largest absolute Gasteiger partial charge is 0.315 e. The summed E-state index contributed by atoms with van der Waals surface area (Å²) in [6.07, 6.45) is 0.333. The van der Waals surface area contributed by atoms with Crippen molar-refractivity contribution in [3.05, 3.63) is 40.4 Å². The predicted molar refractivity (Wildman–Crippen MR) is 57.8 cm³/mol. The van der Waals surface area contributed by atoms with Crippen LogP contribution in [-0.2, 0) is 0 Å². The van der Waals surface area contributed by atoms with E-state index in [-0.39, 0.29) is 0 Å². The van der Waals surface area contributed by atoms with E-state index < -0.39 is 5.03 Å². The second-order valence-electron chi connectivity index (χ2n) is 3.11. The molecular formula is C9H14N4O2. The standard InChI is InChI=1S/C7H8N2O2.C2H6N2/c1-8(9(10)11)7-5-3-2-4-6-7;3-2-1-4-2/h2-6H,1H3;2,4H,1,3H2. The molecule has 1 aromatic rings. The van der Waals surface area contributed by atoms with E-state index >= 15 is 0 Å². The SMILES string of the molecule is CN(c1ccccc1)[N+](=O)[O-].NC1CN1. The zero-order valence-corrected chi connectivity index (χ0v) is 8.46. The summed E-state index contributed by atoms with van der Waals surface area (Å²) in [5.41, 5.74) is 5.69. The monoisotopic (exact) mass is 210 g/mol. The third-order valence-electron chi connectivity index (χ3n) is 1.81. The lowest BCUT2D eigenvalue weighted by atomic mass is 10.3. The van der Waals surface area contributed by atoms with Crippen LogP contribution in [-0.4, -0.2) is 24.8 Å². The molecule has 2 rings (SSSR count). The predicted octanol–water partition coefficient (Wildman–Crippen LogP) is 0.189. The molecule has 1 aliphatic rings. The van der Waals surface area contributed by atoms with Gasteiger partial charge in [-0.1, -0.05) is 23.2 Å². The summed E-state index contributed by atoms with van der Waals surface area (Å²) in [5, 5.41) is 13.6. The van der Waals surface area contributed by atoms with Gasteiger partial charge in [-0.3, -0.25) is 5.32 Å². The molecule has 82 valence electrons. The molecule has 6 nitrogen and oxygen atoms in total. The van der Waals surface area contributed by atoms with E-state index in [1.54, 1.807) is 24.3 Å². The highest BCUT2D eigenvalue weighted by Gasteiger charge is 2.11. The van der Waals surface area contributed by atoms with Crippen molar-refractivity contribution in [1.29, 1.82) is 0 Å². The second-order valence-corrected chi connectivity index (χ2v) is 3.11. The van der Waals surface area contributed by atoms with Crippen LogP contribution >= 0.6 is 0 Å². The fraction of sp³-hybridized carbons (Fsp3) is 0.333. The topological polar surface area (TPSA) is 94.3 Å². The number of hydrogen-bond acceptors (Lipinski definition) is 4. The van der Waals surface area contributed by atoms with Gasteiger partial charge in [-0.15, -0.1) is 0 Å². The van der Waals surface area contributed by atoms with Crippen LogP contribution in [0.2, 0.25) is 0 Å². The number of nitrogens with one attached hydrogen (secondary N) is 1. The Kier molecular flexibility index (Phi) is 4.02. The first kappa shape index (κ1) is 11.4. The third kappa shape index (κ3) is 4.39. The fourth-order valence-corrected chi connectivity index (χ4v) is 0.806. The van der Waals surface area contributed by atoms with Gasteiger partial charge in [0.15, 0.2) is 5.03 Å². The van der Waals surface area contributed by atoms with Gasteiger partial charge in [-0.2, -0.15) is 0 Å². The molecule has 0 bridgehead atoms. The van der Waals surface area contributed by atoms with E-state index in [2.05, 4.69) is 5.32 Å². The zero-order chi connectivity index (χ0) is 11.3. The Morgan fingerprint density at radius 1 is 1.53 bits per heavy atom. The Morgan fingerprint density at radius 2 is 2.00 bits per heavy atom. The average Bonchev–Trinajstić information content (AvgIpc) is 3.02. The summed E-state index contributed by atoms with van der Waals surface area (Å²) in [5.74, 6) is 0. The minimum Gasteiger partial charge on any atom is -0.315 e. The number of hydrazine groups is 1. The van der Waals surface area contributed by atoms with Gasteiger partial charge in [0.1, 0.15) is 5.69 Å². The molecule has 0 spiro atoms. The summed E-state index contributed by atoms with van der Waals surface area (Å²) in [6, 6.07) is 8.70. The quantitative estimate of drug-likeness (QED) is 0.413. The summed E-state index contributed by atoms with van der Waals surface area (Å²) in [4.78, 5) is 10.2. The minimum atomic E-state index is -0.463. The number of nitro groups is 1. The summed E-state index contributed by atoms with van der Waals surface area (Å²) in [7, 11) is 1.41. The van der Waals surface area contributed by atoms with Crippen molar-refractivity contribution in [2.45, 2.75) is 6.17 Å². The summed E-state index contributed by atoms with van der Waals surface area (Å²) >= 11 is 0. The number of rotatable bonds is 2. The molecule has 0 saturated carbocycles. The van der Waals surface area contributed by atoms with Crippen LogP contribution in [0.4, 0.5) is 5.69 Å². The maximum absolute atomic E-state index is 10.2. The van der Waals surface area contributed by atoms with E-state index in [1.165, 1.54) is 7.05 Å². The van der Waals surface area contributed by atoms with Gasteiger partial charge < -0.3 is 5.73 Å². The lowest BCUT2D eigenvalue weighted by Crippen LogP contribution is -2.24. The highest BCUT2D eigenvalue weighted by atomic mass is 16.7. The number of nitrogens with zero attached hydrogens (tertiary/aromatic N) is 2. The van der Waals surface area contributed by atoms with Gasteiger partial charge in [0.05, 0.1) is 13.2 Å². The first-order valence-electron chi connectivity index (χ1n) is 4.53. The molecule has 1 heterocycles. The van der Waals surface area contributed by atoms with Crippen LogP contribution in [0.1, 0.15) is 0 Å². The van der Waals surface area contributed by atoms with Crippen LogP contribution < -0.4 is 16.1 Å². The Labute approximate surface area is 87.8 Å². The molecule has 1 atom stereocenters. The van der Waals surface area contributed by atoms with Crippen molar-refractivity contribution in [2.24, 2.45) is 5.73 Å². The molecule has 0 aliphatic carbocycles. The minimum absolute atomic E-state index is 0.333. The van der Waals surface area contributed by atoms with Crippen molar-refractivity contribution < 1.29 is 5.03 Å². The fourth-order valence-electron chi connectivity index (χ4n) is 0.806. The van der Waals surface area contributed by atoms with Crippen molar-refractivity contribution >= 4 is 5.69 Å². The molecular weight excluding hydrogens is 196 g/mol. The highest BCUT2D eigenvalue weighted by Crippen LogP contribution is 2.09. The van der Waals surface area contributed by atoms with Crippen molar-refractivity contribution in [3.63, 3.8) is 0 Å². The average molecular weight is 210 g/mol. The number of nitrogens with two attached hydrogens (primary N) is 1. The van der Waals surface area contributed by atoms with E-state index in [4.69, 9.17) is 5.73 Å². The van der Waals surface area contributed by atoms with E-state index in [9.17, 15) is 10.1 Å². The molecule has 0 radical (unpaired) electrons. The van der Waals surface area contributed by atoms with Crippen LogP contribution in [0, 0.1) is 10.1 Å². The van der Waals surface area contributed by atoms with E-state index in [0.29, 0.717) is 11.9 Å². The molecule has 15 heavy (non-hydrogen) atoms. The van der Waals surface area contributed by atoms with Crippen molar-refractivity contribution in [3.8, 4) is 0 Å². The Morgan fingerprint density at radius 3 is 2.33 bits per heavy atom. The molecule has 0 aromatic heterocycles. The molecule has 3 N–H and O–H groups in total. The normalized spacial score (nSPS) is 17.3. The summed E-state index contributed by atoms with van der Waals surface area (Å²) in [6.45, 7) is 1.01. The molecule has 0 amide bonds. The molecule has 6 heteroatoms. The molecule has 1 fully saturated rings. The van der Waals surface area contributed by atoms with Crippen molar-refractivity contribution in [1.82, 2.24) is 5.32 Å². The van der Waals surface area contributed by atoms with Crippen LogP contribution in [0.5, 0.6) is 0 Å². The Hall–Kier alpha value is -1.66. The highest BCUT2D eigenvalue weighted by molar-refractivity contribution is 5.41. The number of para-hydroxylation sites is 1. The van der Waals surface area contributed by atoms with Gasteiger partial charge in [0, 0.05) is 6.54 Å². The first-order valence-corrected chi connectivity index (χ1v) is 4.53. The Balaban J connectivity index is 0.000000234. The van der Waals surface area contributed by atoms with Gasteiger partial charge in [-0.25, -0.2) is 10.1 Å². The number of anilines is 1. The summed E-state index contributed by atoms with van der Waals surface area (Å²) < 4.78 is 0. The lowest BCUT2D eigenvalue weighted by molar-refractivity contribution is -0.490. The number of hydrogen-bond donors (Lipinski definition) is 2. The first-order chi connectivity index (χ1) is 7.11. The lowest BCUT2D eigenvalue weighted by Gasteiger charge is -2.06. The Bertz CT molecular complexity index is 313. The molecule has 1 aliphatic heterocycles. The van der Waals surface area contributed by atoms with E-state index in [1.807, 2.05) is 6.07 Å². The smallest absolute Gasteiger partial charge is 0.164 e. The molecule has 1 saturated heterocycles. The third-order valence-corrected chi connectivity index (χ3v) is 1.81. The molecule has 1 unspecified atom stereocenters. The van der Waals surface area contributed by atoms with Crippen LogP contribution in [0.3, 0.4) is 0 Å². The van der Waals surface area contributed by atoms with Crippen LogP contribution in [0.25, 0.3) is 0 Å². The maximum Gasteiger partial charge on any atom is 0.164 e. The van der Waals surface area contributed by atoms with Crippen LogP contribution in [0.15, 0.2) is 30.3 Å². The van der Waals surface area contributed by atoms with Gasteiger partial charge >= 0.3 is 0 Å². The zero-order valence-electron chi connectivity index (χ0n) is 8.46. The van der Waals surface area contributed by atoms with Crippen molar-refractivity contribution in [2.75, 3.05) is 18.6 Å². The number of benzene rings is 1. The van der Waals surface area contributed by atoms with Gasteiger partial charge in [0.25, 0.3) is 0 Å². The van der Waals surface area contributed by atoms with E-state index in [0.717, 1.165) is 11.6 Å². The van der Waals surface area contributed by atoms with Gasteiger partial charge in [-0.05, 0) is 12.1 Å². The molecule has 1 aromatic carbocycles. The van der Waals surface area contributed by atoms with Gasteiger partial charge in [0.2, 0.25) is 0 Å².